The molecule has 2 aromatic carbocycles. The molecule has 0 nitrogen and oxygen atoms in total. The fraction of sp³-hybridized carbons (Fsp3) is 0.0769. The van der Waals surface area contributed by atoms with Gasteiger partial charge >= 0.3 is 0 Å². The van der Waals surface area contributed by atoms with Crippen molar-refractivity contribution in [3.05, 3.63) is 69.4 Å². The number of halogens is 5. The lowest BCUT2D eigenvalue weighted by molar-refractivity contribution is 0.507. The van der Waals surface area contributed by atoms with E-state index in [0.717, 1.165) is 17.7 Å². The molecule has 0 heterocycles. The molecule has 0 N–H and O–H groups in total. The summed E-state index contributed by atoms with van der Waals surface area (Å²) >= 11 is 6.63. The third kappa shape index (κ3) is 2.78. The minimum Gasteiger partial charge on any atom is -0.207 e. The van der Waals surface area contributed by atoms with Crippen LogP contribution in [0.3, 0.4) is 0 Å². The lowest BCUT2D eigenvalue weighted by atomic mass is 10.0. The molecular formula is C13H7Br2F3. The van der Waals surface area contributed by atoms with Crippen molar-refractivity contribution in [3.63, 3.8) is 0 Å². The van der Waals surface area contributed by atoms with Gasteiger partial charge in [0.1, 0.15) is 5.82 Å². The van der Waals surface area contributed by atoms with Crippen LogP contribution in [0.1, 0.15) is 16.0 Å². The first-order valence-electron chi connectivity index (χ1n) is 5.03. The maximum atomic E-state index is 13.2. The zero-order chi connectivity index (χ0) is 13.3. The van der Waals surface area contributed by atoms with Crippen molar-refractivity contribution in [1.29, 1.82) is 0 Å². The van der Waals surface area contributed by atoms with E-state index in [4.69, 9.17) is 0 Å². The van der Waals surface area contributed by atoms with Crippen LogP contribution in [-0.2, 0) is 0 Å². The third-order valence-electron chi connectivity index (χ3n) is 2.47. The van der Waals surface area contributed by atoms with Crippen molar-refractivity contribution < 1.29 is 13.2 Å². The first-order valence-corrected chi connectivity index (χ1v) is 6.74. The van der Waals surface area contributed by atoms with Crippen molar-refractivity contribution in [2.75, 3.05) is 0 Å². The van der Waals surface area contributed by atoms with Crippen LogP contribution in [0.15, 0.2) is 40.9 Å². The lowest BCUT2D eigenvalue weighted by Crippen LogP contribution is -1.96. The van der Waals surface area contributed by atoms with Gasteiger partial charge in [0, 0.05) is 4.47 Å². The van der Waals surface area contributed by atoms with Crippen molar-refractivity contribution in [2.24, 2.45) is 0 Å². The molecule has 0 fully saturated rings. The number of alkyl halides is 1. The molecule has 0 spiro atoms. The summed E-state index contributed by atoms with van der Waals surface area (Å²) in [5, 5.41) is 0. The number of hydrogen-bond donors (Lipinski definition) is 0. The maximum absolute atomic E-state index is 13.2. The average molecular weight is 380 g/mol. The van der Waals surface area contributed by atoms with Crippen molar-refractivity contribution in [1.82, 2.24) is 0 Å². The molecule has 2 rings (SSSR count). The molecule has 94 valence electrons. The molecule has 18 heavy (non-hydrogen) atoms. The van der Waals surface area contributed by atoms with Gasteiger partial charge in [0.25, 0.3) is 0 Å². The van der Waals surface area contributed by atoms with Crippen LogP contribution in [-0.4, -0.2) is 0 Å². The van der Waals surface area contributed by atoms with Crippen LogP contribution in [0.25, 0.3) is 0 Å². The highest BCUT2D eigenvalue weighted by Gasteiger charge is 2.15. The van der Waals surface area contributed by atoms with Gasteiger partial charge in [0.2, 0.25) is 0 Å². The highest BCUT2D eigenvalue weighted by Crippen LogP contribution is 2.36. The Morgan fingerprint density at radius 2 is 1.61 bits per heavy atom. The van der Waals surface area contributed by atoms with Crippen LogP contribution in [0.5, 0.6) is 0 Å². The Morgan fingerprint density at radius 3 is 2.22 bits per heavy atom. The van der Waals surface area contributed by atoms with Gasteiger partial charge in [0.05, 0.1) is 4.83 Å². The second-order valence-electron chi connectivity index (χ2n) is 3.70. The van der Waals surface area contributed by atoms with Crippen LogP contribution in [0, 0.1) is 17.5 Å². The standard InChI is InChI=1S/C13H7Br2F3/c14-10-6-8(16)2-3-9(10)13(15)7-1-4-11(17)12(18)5-7/h1-6,13H. The highest BCUT2D eigenvalue weighted by atomic mass is 79.9. The van der Waals surface area contributed by atoms with Crippen molar-refractivity contribution >= 4 is 31.9 Å². The number of benzene rings is 2. The molecule has 5 heteroatoms. The first kappa shape index (κ1) is 13.6. The molecule has 0 saturated carbocycles. The monoisotopic (exact) mass is 378 g/mol. The smallest absolute Gasteiger partial charge is 0.159 e. The number of hydrogen-bond acceptors (Lipinski definition) is 0. The van der Waals surface area contributed by atoms with Crippen LogP contribution in [0.4, 0.5) is 13.2 Å². The number of rotatable bonds is 2. The zero-order valence-electron chi connectivity index (χ0n) is 8.93. The van der Waals surface area contributed by atoms with Gasteiger partial charge in [-0.15, -0.1) is 0 Å². The summed E-state index contributed by atoms with van der Waals surface area (Å²) in [6.45, 7) is 0. The van der Waals surface area contributed by atoms with E-state index in [2.05, 4.69) is 31.9 Å². The molecule has 2 aromatic rings. The normalized spacial score (nSPS) is 12.5. The Kier molecular flexibility index (Phi) is 4.12. The topological polar surface area (TPSA) is 0 Å². The van der Waals surface area contributed by atoms with Crippen LogP contribution < -0.4 is 0 Å². The van der Waals surface area contributed by atoms with E-state index in [1.54, 1.807) is 6.07 Å². The van der Waals surface area contributed by atoms with E-state index in [1.807, 2.05) is 0 Å². The van der Waals surface area contributed by atoms with Gasteiger partial charge in [-0.1, -0.05) is 44.0 Å². The molecule has 0 aliphatic rings. The Labute approximate surface area is 119 Å². The van der Waals surface area contributed by atoms with Gasteiger partial charge in [-0.05, 0) is 35.4 Å². The molecule has 0 radical (unpaired) electrons. The fourth-order valence-electron chi connectivity index (χ4n) is 1.56. The first-order chi connectivity index (χ1) is 8.49. The summed E-state index contributed by atoms with van der Waals surface area (Å²) < 4.78 is 39.5. The minimum atomic E-state index is -0.907. The van der Waals surface area contributed by atoms with E-state index in [0.29, 0.717) is 10.0 Å². The molecular weight excluding hydrogens is 373 g/mol. The second kappa shape index (κ2) is 5.45. The van der Waals surface area contributed by atoms with Gasteiger partial charge in [-0.3, -0.25) is 0 Å². The van der Waals surface area contributed by atoms with Gasteiger partial charge in [-0.25, -0.2) is 13.2 Å². The van der Waals surface area contributed by atoms with Crippen LogP contribution in [0.2, 0.25) is 0 Å². The second-order valence-corrected chi connectivity index (χ2v) is 5.47. The molecule has 0 saturated heterocycles. The minimum absolute atomic E-state index is 0.345. The summed E-state index contributed by atoms with van der Waals surface area (Å²) in [6, 6.07) is 7.88. The Hall–Kier alpha value is -0.810. The summed E-state index contributed by atoms with van der Waals surface area (Å²) in [5.74, 6) is -2.16. The summed E-state index contributed by atoms with van der Waals surface area (Å²) in [7, 11) is 0. The van der Waals surface area contributed by atoms with Crippen LogP contribution >= 0.6 is 31.9 Å². The molecule has 0 amide bonds. The molecule has 0 bridgehead atoms. The van der Waals surface area contributed by atoms with E-state index in [1.165, 1.54) is 18.2 Å². The highest BCUT2D eigenvalue weighted by molar-refractivity contribution is 9.11. The maximum Gasteiger partial charge on any atom is 0.159 e. The predicted molar refractivity (Wildman–Crippen MR) is 71.2 cm³/mol. The molecule has 1 atom stereocenters. The Balaban J connectivity index is 2.41. The van der Waals surface area contributed by atoms with E-state index >= 15 is 0 Å². The molecule has 1 unspecified atom stereocenters. The molecule has 0 aliphatic heterocycles. The predicted octanol–water partition coefficient (Wildman–Crippen LogP) is 5.35. The summed E-state index contributed by atoms with van der Waals surface area (Å²) in [6.07, 6.45) is 0. The van der Waals surface area contributed by atoms with E-state index < -0.39 is 11.6 Å². The SMILES string of the molecule is Fc1ccc(C(Br)c2ccc(F)c(F)c2)c(Br)c1. The van der Waals surface area contributed by atoms with Crippen molar-refractivity contribution in [3.8, 4) is 0 Å². The average Bonchev–Trinajstić information content (AvgIpc) is 2.32. The Bertz CT molecular complexity index is 584. The molecule has 0 aliphatic carbocycles. The van der Waals surface area contributed by atoms with E-state index in [-0.39, 0.29) is 10.6 Å². The fourth-order valence-corrected chi connectivity index (χ4v) is 3.13. The largest absolute Gasteiger partial charge is 0.207 e. The zero-order valence-corrected chi connectivity index (χ0v) is 12.1. The summed E-state index contributed by atoms with van der Waals surface area (Å²) in [5.41, 5.74) is 1.30. The van der Waals surface area contributed by atoms with Gasteiger partial charge in [-0.2, -0.15) is 0 Å². The molecule has 0 aromatic heterocycles. The van der Waals surface area contributed by atoms with E-state index in [9.17, 15) is 13.2 Å². The van der Waals surface area contributed by atoms with Gasteiger partial charge < -0.3 is 0 Å². The van der Waals surface area contributed by atoms with Crippen molar-refractivity contribution in [2.45, 2.75) is 4.83 Å². The third-order valence-corrected chi connectivity index (χ3v) is 4.18. The summed E-state index contributed by atoms with van der Waals surface area (Å²) in [4.78, 5) is -0.345. The lowest BCUT2D eigenvalue weighted by Gasteiger charge is -2.13. The quantitative estimate of drug-likeness (QED) is 0.617. The van der Waals surface area contributed by atoms with Gasteiger partial charge in [0.15, 0.2) is 11.6 Å². The Morgan fingerprint density at radius 1 is 0.889 bits per heavy atom.